The van der Waals surface area contributed by atoms with E-state index >= 15 is 0 Å². The Kier molecular flexibility index (Phi) is 6.26. The van der Waals surface area contributed by atoms with Crippen molar-refractivity contribution < 1.29 is 0 Å². The van der Waals surface area contributed by atoms with Gasteiger partial charge in [0.05, 0.1) is 0 Å². The average Bonchev–Trinajstić information content (AvgIpc) is 2.62. The van der Waals surface area contributed by atoms with E-state index in [4.69, 9.17) is 0 Å². The maximum Gasteiger partial charge on any atom is 0.0236 e. The van der Waals surface area contributed by atoms with Crippen LogP contribution >= 0.6 is 15.9 Å². The molecule has 1 heterocycles. The van der Waals surface area contributed by atoms with Crippen molar-refractivity contribution in [1.82, 2.24) is 10.2 Å². The Bertz CT molecular complexity index is 576. The summed E-state index contributed by atoms with van der Waals surface area (Å²) in [6.07, 6.45) is 3.64. The smallest absolute Gasteiger partial charge is 0.0236 e. The molecule has 2 nitrogen and oxygen atoms in total. The van der Waals surface area contributed by atoms with Crippen LogP contribution in [0, 0.1) is 0 Å². The van der Waals surface area contributed by atoms with Gasteiger partial charge in [-0.3, -0.25) is 4.90 Å². The van der Waals surface area contributed by atoms with Crippen molar-refractivity contribution in [1.29, 1.82) is 0 Å². The molecule has 23 heavy (non-hydrogen) atoms. The standard InChI is InChI=1S/C20H25BrN2/c21-19-8-6-18(7-9-19)16-23(20-10-13-22-14-11-20)15-12-17-4-2-1-3-5-17/h1-9,20,22H,10-16H2. The second-order valence-electron chi connectivity index (χ2n) is 6.31. The second kappa shape index (κ2) is 8.62. The molecule has 0 amide bonds. The maximum atomic E-state index is 3.53. The van der Waals surface area contributed by atoms with Gasteiger partial charge in [0.1, 0.15) is 0 Å². The van der Waals surface area contributed by atoms with Gasteiger partial charge in [-0.25, -0.2) is 0 Å². The maximum absolute atomic E-state index is 3.53. The summed E-state index contributed by atoms with van der Waals surface area (Å²) in [5.74, 6) is 0. The largest absolute Gasteiger partial charge is 0.317 e. The lowest BCUT2D eigenvalue weighted by atomic mass is 10.0. The Labute approximate surface area is 148 Å². The summed E-state index contributed by atoms with van der Waals surface area (Å²) in [5.41, 5.74) is 2.84. The Morgan fingerprint density at radius 1 is 0.913 bits per heavy atom. The highest BCUT2D eigenvalue weighted by Crippen LogP contribution is 2.18. The molecule has 2 aromatic carbocycles. The zero-order chi connectivity index (χ0) is 15.9. The predicted molar refractivity (Wildman–Crippen MR) is 101 cm³/mol. The van der Waals surface area contributed by atoms with E-state index in [9.17, 15) is 0 Å². The lowest BCUT2D eigenvalue weighted by Gasteiger charge is -2.35. The number of hydrogen-bond donors (Lipinski definition) is 1. The van der Waals surface area contributed by atoms with E-state index in [1.165, 1.54) is 24.0 Å². The molecule has 2 aromatic rings. The Balaban J connectivity index is 1.66. The molecule has 1 N–H and O–H groups in total. The van der Waals surface area contributed by atoms with Crippen LogP contribution in [0.4, 0.5) is 0 Å². The van der Waals surface area contributed by atoms with E-state index in [1.807, 2.05) is 0 Å². The monoisotopic (exact) mass is 372 g/mol. The molecule has 0 bridgehead atoms. The highest BCUT2D eigenvalue weighted by Gasteiger charge is 2.20. The number of piperidine rings is 1. The van der Waals surface area contributed by atoms with Crippen molar-refractivity contribution in [2.45, 2.75) is 31.8 Å². The third-order valence-corrected chi connectivity index (χ3v) is 5.18. The minimum atomic E-state index is 0.698. The Morgan fingerprint density at radius 3 is 2.30 bits per heavy atom. The summed E-state index contributed by atoms with van der Waals surface area (Å²) in [6.45, 7) is 4.47. The summed E-state index contributed by atoms with van der Waals surface area (Å²) in [5, 5.41) is 3.48. The molecule has 0 aromatic heterocycles. The van der Waals surface area contributed by atoms with Crippen LogP contribution in [0.2, 0.25) is 0 Å². The van der Waals surface area contributed by atoms with E-state index in [1.54, 1.807) is 0 Å². The van der Waals surface area contributed by atoms with Crippen LogP contribution in [0.15, 0.2) is 59.1 Å². The molecular formula is C20H25BrN2. The fraction of sp³-hybridized carbons (Fsp3) is 0.400. The fourth-order valence-electron chi connectivity index (χ4n) is 3.30. The lowest BCUT2D eigenvalue weighted by molar-refractivity contribution is 0.155. The van der Waals surface area contributed by atoms with Crippen molar-refractivity contribution in [2.24, 2.45) is 0 Å². The first kappa shape index (κ1) is 16.7. The Hall–Kier alpha value is -1.16. The zero-order valence-corrected chi connectivity index (χ0v) is 15.1. The van der Waals surface area contributed by atoms with Gasteiger partial charge >= 0.3 is 0 Å². The van der Waals surface area contributed by atoms with Crippen molar-refractivity contribution >= 4 is 15.9 Å². The average molecular weight is 373 g/mol. The highest BCUT2D eigenvalue weighted by molar-refractivity contribution is 9.10. The first-order valence-corrected chi connectivity index (χ1v) is 9.34. The van der Waals surface area contributed by atoms with Gasteiger partial charge in [-0.15, -0.1) is 0 Å². The highest BCUT2D eigenvalue weighted by atomic mass is 79.9. The molecule has 1 aliphatic heterocycles. The zero-order valence-electron chi connectivity index (χ0n) is 13.5. The summed E-state index contributed by atoms with van der Waals surface area (Å²) in [4.78, 5) is 2.68. The summed E-state index contributed by atoms with van der Waals surface area (Å²) >= 11 is 3.53. The van der Waals surface area contributed by atoms with Crippen LogP contribution in [-0.2, 0) is 13.0 Å². The molecule has 1 saturated heterocycles. The van der Waals surface area contributed by atoms with Crippen LogP contribution in [0.1, 0.15) is 24.0 Å². The molecule has 1 fully saturated rings. The first-order chi connectivity index (χ1) is 11.3. The van der Waals surface area contributed by atoms with Gasteiger partial charge < -0.3 is 5.32 Å². The van der Waals surface area contributed by atoms with Gasteiger partial charge in [0, 0.05) is 23.6 Å². The van der Waals surface area contributed by atoms with Crippen LogP contribution < -0.4 is 5.32 Å². The van der Waals surface area contributed by atoms with Gasteiger partial charge in [-0.05, 0) is 55.6 Å². The van der Waals surface area contributed by atoms with Crippen LogP contribution in [-0.4, -0.2) is 30.6 Å². The molecule has 0 aliphatic carbocycles. The molecule has 0 unspecified atom stereocenters. The number of benzene rings is 2. The normalized spacial score (nSPS) is 15.9. The summed E-state index contributed by atoms with van der Waals surface area (Å²) < 4.78 is 1.15. The Morgan fingerprint density at radius 2 is 1.61 bits per heavy atom. The van der Waals surface area contributed by atoms with Crippen LogP contribution in [0.3, 0.4) is 0 Å². The quantitative estimate of drug-likeness (QED) is 0.815. The molecular weight excluding hydrogens is 348 g/mol. The topological polar surface area (TPSA) is 15.3 Å². The fourth-order valence-corrected chi connectivity index (χ4v) is 3.57. The summed E-state index contributed by atoms with van der Waals surface area (Å²) in [7, 11) is 0. The minimum Gasteiger partial charge on any atom is -0.317 e. The number of hydrogen-bond acceptors (Lipinski definition) is 2. The van der Waals surface area contributed by atoms with Gasteiger partial charge in [0.2, 0.25) is 0 Å². The molecule has 0 spiro atoms. The predicted octanol–water partition coefficient (Wildman–Crippen LogP) is 4.25. The number of nitrogens with zero attached hydrogens (tertiary/aromatic N) is 1. The van der Waals surface area contributed by atoms with Crippen molar-refractivity contribution in [3.63, 3.8) is 0 Å². The van der Waals surface area contributed by atoms with E-state index in [2.05, 4.69) is 80.7 Å². The van der Waals surface area contributed by atoms with Gasteiger partial charge in [-0.1, -0.05) is 58.4 Å². The third kappa shape index (κ3) is 5.17. The molecule has 1 aliphatic rings. The van der Waals surface area contributed by atoms with E-state index < -0.39 is 0 Å². The van der Waals surface area contributed by atoms with E-state index in [0.29, 0.717) is 6.04 Å². The number of halogens is 1. The second-order valence-corrected chi connectivity index (χ2v) is 7.23. The number of rotatable bonds is 6. The minimum absolute atomic E-state index is 0.698. The van der Waals surface area contributed by atoms with Crippen LogP contribution in [0.5, 0.6) is 0 Å². The molecule has 3 heteroatoms. The summed E-state index contributed by atoms with van der Waals surface area (Å²) in [6, 6.07) is 20.3. The van der Waals surface area contributed by atoms with Gasteiger partial charge in [-0.2, -0.15) is 0 Å². The molecule has 0 radical (unpaired) electrons. The SMILES string of the molecule is Brc1ccc(CN(CCc2ccccc2)C2CCNCC2)cc1. The first-order valence-electron chi connectivity index (χ1n) is 8.54. The molecule has 0 atom stereocenters. The molecule has 0 saturated carbocycles. The van der Waals surface area contributed by atoms with Crippen molar-refractivity contribution in [3.8, 4) is 0 Å². The van der Waals surface area contributed by atoms with E-state index in [-0.39, 0.29) is 0 Å². The molecule has 122 valence electrons. The van der Waals surface area contributed by atoms with Crippen molar-refractivity contribution in [3.05, 3.63) is 70.2 Å². The lowest BCUT2D eigenvalue weighted by Crippen LogP contribution is -2.43. The van der Waals surface area contributed by atoms with Crippen LogP contribution in [0.25, 0.3) is 0 Å². The van der Waals surface area contributed by atoms with Crippen molar-refractivity contribution in [2.75, 3.05) is 19.6 Å². The third-order valence-electron chi connectivity index (χ3n) is 4.65. The van der Waals surface area contributed by atoms with Gasteiger partial charge in [0.25, 0.3) is 0 Å². The number of nitrogens with one attached hydrogen (secondary N) is 1. The van der Waals surface area contributed by atoms with E-state index in [0.717, 1.165) is 37.1 Å². The molecule has 3 rings (SSSR count). The van der Waals surface area contributed by atoms with Gasteiger partial charge in [0.15, 0.2) is 0 Å².